The zero-order chi connectivity index (χ0) is 12.8. The first-order chi connectivity index (χ1) is 8.85. The third-order valence-electron chi connectivity index (χ3n) is 2.69. The fourth-order valence-corrected chi connectivity index (χ4v) is 1.82. The smallest absolute Gasteiger partial charge is 0.217 e. The van der Waals surface area contributed by atoms with E-state index >= 15 is 0 Å². The Kier molecular flexibility index (Phi) is 4.11. The minimum atomic E-state index is 0.411. The first-order valence-corrected chi connectivity index (χ1v) is 6.08. The van der Waals surface area contributed by atoms with Gasteiger partial charge in [-0.1, -0.05) is 19.1 Å². The van der Waals surface area contributed by atoms with Crippen LogP contribution in [-0.2, 0) is 6.54 Å². The molecule has 0 spiro atoms. The molecule has 1 heterocycles. The standard InChI is InChI=1S/C14H16N4/c1-2-6-16-11-12-4-3-5-13(9-12)18-8-7-17-14(18)10-15/h3-5,7-9,16H,2,6,11H2,1H3. The van der Waals surface area contributed by atoms with Crippen molar-refractivity contribution < 1.29 is 0 Å². The second-order valence-electron chi connectivity index (χ2n) is 4.08. The van der Waals surface area contributed by atoms with Crippen LogP contribution < -0.4 is 5.32 Å². The van der Waals surface area contributed by atoms with E-state index in [1.165, 1.54) is 5.56 Å². The second kappa shape index (κ2) is 5.99. The lowest BCUT2D eigenvalue weighted by Crippen LogP contribution is -2.13. The van der Waals surface area contributed by atoms with Crippen LogP contribution in [0.3, 0.4) is 0 Å². The number of hydrogen-bond acceptors (Lipinski definition) is 3. The van der Waals surface area contributed by atoms with Crippen LogP contribution in [0.15, 0.2) is 36.7 Å². The maximum atomic E-state index is 8.97. The molecule has 0 aliphatic carbocycles. The molecule has 0 fully saturated rings. The van der Waals surface area contributed by atoms with Gasteiger partial charge in [-0.05, 0) is 30.7 Å². The maximum Gasteiger partial charge on any atom is 0.217 e. The lowest BCUT2D eigenvalue weighted by Gasteiger charge is -2.07. The van der Waals surface area contributed by atoms with Crippen molar-refractivity contribution in [3.05, 3.63) is 48.0 Å². The molecule has 0 saturated carbocycles. The molecule has 0 aliphatic heterocycles. The highest BCUT2D eigenvalue weighted by Gasteiger charge is 2.04. The molecule has 18 heavy (non-hydrogen) atoms. The zero-order valence-corrected chi connectivity index (χ0v) is 10.4. The summed E-state index contributed by atoms with van der Waals surface area (Å²) < 4.78 is 1.79. The average molecular weight is 240 g/mol. The highest BCUT2D eigenvalue weighted by molar-refractivity contribution is 5.39. The Morgan fingerprint density at radius 3 is 3.11 bits per heavy atom. The number of benzene rings is 1. The third-order valence-corrected chi connectivity index (χ3v) is 2.69. The van der Waals surface area contributed by atoms with E-state index in [0.29, 0.717) is 5.82 Å². The van der Waals surface area contributed by atoms with Gasteiger partial charge < -0.3 is 5.32 Å². The maximum absolute atomic E-state index is 8.97. The molecule has 2 aromatic rings. The van der Waals surface area contributed by atoms with E-state index in [1.807, 2.05) is 12.1 Å². The van der Waals surface area contributed by atoms with Crippen molar-refractivity contribution in [2.45, 2.75) is 19.9 Å². The molecule has 92 valence electrons. The van der Waals surface area contributed by atoms with Gasteiger partial charge in [0.15, 0.2) is 0 Å². The van der Waals surface area contributed by atoms with Gasteiger partial charge in [-0.2, -0.15) is 5.26 Å². The summed E-state index contributed by atoms with van der Waals surface area (Å²) >= 11 is 0. The van der Waals surface area contributed by atoms with Crippen LogP contribution in [0.2, 0.25) is 0 Å². The second-order valence-corrected chi connectivity index (χ2v) is 4.08. The summed E-state index contributed by atoms with van der Waals surface area (Å²) in [7, 11) is 0. The first kappa shape index (κ1) is 12.3. The summed E-state index contributed by atoms with van der Waals surface area (Å²) in [6, 6.07) is 10.2. The molecular weight excluding hydrogens is 224 g/mol. The molecule has 0 bridgehead atoms. The van der Waals surface area contributed by atoms with Crippen LogP contribution in [-0.4, -0.2) is 16.1 Å². The Bertz CT molecular complexity index is 551. The van der Waals surface area contributed by atoms with E-state index in [9.17, 15) is 0 Å². The normalized spacial score (nSPS) is 10.2. The Balaban J connectivity index is 2.20. The van der Waals surface area contributed by atoms with E-state index in [2.05, 4.69) is 35.4 Å². The van der Waals surface area contributed by atoms with Gasteiger partial charge >= 0.3 is 0 Å². The van der Waals surface area contributed by atoms with Gasteiger partial charge in [-0.15, -0.1) is 0 Å². The van der Waals surface area contributed by atoms with Gasteiger partial charge in [-0.3, -0.25) is 4.57 Å². The van der Waals surface area contributed by atoms with E-state index in [-0.39, 0.29) is 0 Å². The van der Waals surface area contributed by atoms with Crippen LogP contribution >= 0.6 is 0 Å². The molecule has 4 heteroatoms. The van der Waals surface area contributed by atoms with Gasteiger partial charge in [0.1, 0.15) is 6.07 Å². The fourth-order valence-electron chi connectivity index (χ4n) is 1.82. The van der Waals surface area contributed by atoms with Gasteiger partial charge in [0, 0.05) is 24.6 Å². The lowest BCUT2D eigenvalue weighted by atomic mass is 10.2. The molecular formula is C14H16N4. The SMILES string of the molecule is CCCNCc1cccc(-n2ccnc2C#N)c1. The number of hydrogen-bond donors (Lipinski definition) is 1. The van der Waals surface area contributed by atoms with Crippen LogP contribution in [0, 0.1) is 11.3 Å². The van der Waals surface area contributed by atoms with Crippen molar-refractivity contribution in [3.8, 4) is 11.8 Å². The Labute approximate surface area is 107 Å². The molecule has 2 rings (SSSR count). The van der Waals surface area contributed by atoms with Gasteiger partial charge in [0.25, 0.3) is 0 Å². The van der Waals surface area contributed by atoms with E-state index in [4.69, 9.17) is 5.26 Å². The molecule has 0 unspecified atom stereocenters. The summed E-state index contributed by atoms with van der Waals surface area (Å²) in [4.78, 5) is 4.00. The monoisotopic (exact) mass is 240 g/mol. The molecule has 0 radical (unpaired) electrons. The van der Waals surface area contributed by atoms with Crippen molar-refractivity contribution in [1.82, 2.24) is 14.9 Å². The summed E-state index contributed by atoms with van der Waals surface area (Å²) in [6.45, 7) is 4.01. The van der Waals surface area contributed by atoms with Crippen LogP contribution in [0.4, 0.5) is 0 Å². The summed E-state index contributed by atoms with van der Waals surface area (Å²) in [5.74, 6) is 0.411. The molecule has 4 nitrogen and oxygen atoms in total. The van der Waals surface area contributed by atoms with E-state index in [1.54, 1.807) is 17.0 Å². The van der Waals surface area contributed by atoms with Gasteiger partial charge in [-0.25, -0.2) is 4.98 Å². The topological polar surface area (TPSA) is 53.6 Å². The number of nitriles is 1. The van der Waals surface area contributed by atoms with Gasteiger partial charge in [0.2, 0.25) is 5.82 Å². The van der Waals surface area contributed by atoms with E-state index < -0.39 is 0 Å². The number of aromatic nitrogens is 2. The first-order valence-electron chi connectivity index (χ1n) is 6.08. The average Bonchev–Trinajstić information content (AvgIpc) is 2.88. The zero-order valence-electron chi connectivity index (χ0n) is 10.4. The highest BCUT2D eigenvalue weighted by Crippen LogP contribution is 2.12. The summed E-state index contributed by atoms with van der Waals surface area (Å²) in [6.07, 6.45) is 4.57. The molecule has 1 aromatic heterocycles. The van der Waals surface area contributed by atoms with Crippen LogP contribution in [0.5, 0.6) is 0 Å². The summed E-state index contributed by atoms with van der Waals surface area (Å²) in [5.41, 5.74) is 2.18. The molecule has 0 aliphatic rings. The Hall–Kier alpha value is -2.12. The largest absolute Gasteiger partial charge is 0.313 e. The summed E-state index contributed by atoms with van der Waals surface area (Å²) in [5, 5.41) is 12.3. The van der Waals surface area contributed by atoms with Crippen LogP contribution in [0.25, 0.3) is 5.69 Å². The van der Waals surface area contributed by atoms with Gasteiger partial charge in [0.05, 0.1) is 0 Å². The minimum absolute atomic E-state index is 0.411. The van der Waals surface area contributed by atoms with Crippen molar-refractivity contribution in [3.63, 3.8) is 0 Å². The lowest BCUT2D eigenvalue weighted by molar-refractivity contribution is 0.675. The number of rotatable bonds is 5. The Morgan fingerprint density at radius 2 is 2.33 bits per heavy atom. The predicted octanol–water partition coefficient (Wildman–Crippen LogP) is 2.24. The molecule has 1 N–H and O–H groups in total. The van der Waals surface area contributed by atoms with Crippen molar-refractivity contribution in [2.75, 3.05) is 6.54 Å². The number of nitrogens with zero attached hydrogens (tertiary/aromatic N) is 3. The molecule has 0 atom stereocenters. The Morgan fingerprint density at radius 1 is 1.44 bits per heavy atom. The molecule has 0 saturated heterocycles. The van der Waals surface area contributed by atoms with Crippen molar-refractivity contribution in [1.29, 1.82) is 5.26 Å². The highest BCUT2D eigenvalue weighted by atomic mass is 15.1. The minimum Gasteiger partial charge on any atom is -0.313 e. The van der Waals surface area contributed by atoms with Crippen molar-refractivity contribution >= 4 is 0 Å². The third kappa shape index (κ3) is 2.76. The van der Waals surface area contributed by atoms with Crippen molar-refractivity contribution in [2.24, 2.45) is 0 Å². The molecule has 1 aromatic carbocycles. The fraction of sp³-hybridized carbons (Fsp3) is 0.286. The molecule has 0 amide bonds. The number of imidazole rings is 1. The van der Waals surface area contributed by atoms with Crippen LogP contribution in [0.1, 0.15) is 24.7 Å². The van der Waals surface area contributed by atoms with E-state index in [0.717, 1.165) is 25.2 Å². The predicted molar refractivity (Wildman–Crippen MR) is 70.3 cm³/mol. The number of nitrogens with one attached hydrogen (secondary N) is 1. The quantitative estimate of drug-likeness (QED) is 0.815.